The number of halogens is 4. The lowest BCUT2D eigenvalue weighted by Crippen LogP contribution is -2.22. The first-order chi connectivity index (χ1) is 16.6. The highest BCUT2D eigenvalue weighted by molar-refractivity contribution is 7.99. The lowest BCUT2D eigenvalue weighted by atomic mass is 10.1. The van der Waals surface area contributed by atoms with E-state index in [2.05, 4.69) is 28.9 Å². The Kier molecular flexibility index (Phi) is 8.82. The number of aromatic nitrogens is 2. The highest BCUT2D eigenvalue weighted by Crippen LogP contribution is 2.30. The lowest BCUT2D eigenvalue weighted by molar-refractivity contribution is -0.137. The summed E-state index contributed by atoms with van der Waals surface area (Å²) in [5, 5.41) is 2.49. The number of nitrogens with one attached hydrogen (secondary N) is 2. The number of carbonyl (C=O) groups is 1. The largest absolute Gasteiger partial charge is 0.416 e. The molecule has 12 heteroatoms. The van der Waals surface area contributed by atoms with E-state index in [4.69, 9.17) is 11.6 Å². The van der Waals surface area contributed by atoms with Crippen LogP contribution in [0.25, 0.3) is 16.6 Å². The molecule has 4 rings (SSSR count). The first-order valence-electron chi connectivity index (χ1n) is 10.3. The van der Waals surface area contributed by atoms with Gasteiger partial charge >= 0.3 is 12.2 Å². The van der Waals surface area contributed by atoms with Crippen molar-refractivity contribution in [1.82, 2.24) is 14.3 Å². The standard InChI is InChI=1S/C20H12ClF3N4O2S2.C3H8/c21-16-7-8-17(31-16)32-27-19(30)26-12-2-4-13(5-3-12)28-10-25-15-6-1-11(20(22,23)24)9-14(15)18(28)29;1-3-2/h1-10H,(H2,26,27,30);3H2,1-2H3. The van der Waals surface area contributed by atoms with Gasteiger partial charge < -0.3 is 5.32 Å². The van der Waals surface area contributed by atoms with E-state index in [9.17, 15) is 22.8 Å². The Morgan fingerprint density at radius 1 is 1.11 bits per heavy atom. The van der Waals surface area contributed by atoms with Gasteiger partial charge in [-0.3, -0.25) is 14.1 Å². The van der Waals surface area contributed by atoms with E-state index in [1.807, 2.05) is 0 Å². The average Bonchev–Trinajstić information content (AvgIpc) is 3.23. The molecule has 0 spiro atoms. The predicted octanol–water partition coefficient (Wildman–Crippen LogP) is 7.36. The van der Waals surface area contributed by atoms with Crippen molar-refractivity contribution < 1.29 is 18.0 Å². The Labute approximate surface area is 212 Å². The number of fused-ring (bicyclic) bond motifs is 1. The SMILES string of the molecule is CCC.O=C(NSc1ccc(Cl)s1)Nc1ccc(-n2cnc3ccc(C(F)(F)F)cc3c2=O)cc1. The summed E-state index contributed by atoms with van der Waals surface area (Å²) in [6.45, 7) is 4.25. The molecule has 35 heavy (non-hydrogen) atoms. The molecule has 0 fully saturated rings. The third-order valence-corrected chi connectivity index (χ3v) is 6.43. The first kappa shape index (κ1) is 26.6. The van der Waals surface area contributed by atoms with E-state index in [0.717, 1.165) is 38.9 Å². The van der Waals surface area contributed by atoms with Crippen molar-refractivity contribution >= 4 is 57.5 Å². The minimum atomic E-state index is -4.57. The Bertz CT molecular complexity index is 1370. The number of benzene rings is 2. The van der Waals surface area contributed by atoms with Crippen molar-refractivity contribution in [3.05, 3.63) is 81.2 Å². The maximum atomic E-state index is 13.0. The van der Waals surface area contributed by atoms with Crippen LogP contribution in [0.4, 0.5) is 23.7 Å². The molecule has 0 aliphatic heterocycles. The molecular formula is C23H20ClF3N4O2S2. The number of urea groups is 1. The predicted molar refractivity (Wildman–Crippen MR) is 136 cm³/mol. The molecule has 0 bridgehead atoms. The minimum absolute atomic E-state index is 0.144. The number of hydrogen-bond acceptors (Lipinski definition) is 5. The van der Waals surface area contributed by atoms with Crippen LogP contribution in [0, 0.1) is 0 Å². The van der Waals surface area contributed by atoms with Gasteiger partial charge in [-0.1, -0.05) is 31.9 Å². The van der Waals surface area contributed by atoms with E-state index < -0.39 is 23.3 Å². The molecule has 184 valence electrons. The van der Waals surface area contributed by atoms with Crippen LogP contribution in [0.3, 0.4) is 0 Å². The molecule has 4 aromatic rings. The molecule has 0 atom stereocenters. The van der Waals surface area contributed by atoms with Crippen LogP contribution >= 0.6 is 34.9 Å². The van der Waals surface area contributed by atoms with E-state index in [-0.39, 0.29) is 10.9 Å². The van der Waals surface area contributed by atoms with Gasteiger partial charge in [0.05, 0.1) is 30.7 Å². The molecule has 0 saturated heterocycles. The zero-order valence-corrected chi connectivity index (χ0v) is 20.9. The van der Waals surface area contributed by atoms with Crippen LogP contribution in [-0.2, 0) is 6.18 Å². The minimum Gasteiger partial charge on any atom is -0.307 e. The third kappa shape index (κ3) is 7.00. The molecule has 0 saturated carbocycles. The normalized spacial score (nSPS) is 11.0. The van der Waals surface area contributed by atoms with E-state index in [1.165, 1.54) is 24.1 Å². The maximum Gasteiger partial charge on any atom is 0.416 e. The van der Waals surface area contributed by atoms with E-state index in [0.29, 0.717) is 15.7 Å². The monoisotopic (exact) mass is 540 g/mol. The molecular weight excluding hydrogens is 521 g/mol. The number of alkyl halides is 3. The quantitative estimate of drug-likeness (QED) is 0.265. The van der Waals surface area contributed by atoms with Crippen LogP contribution in [0.15, 0.2) is 69.9 Å². The highest BCUT2D eigenvalue weighted by atomic mass is 35.5. The molecule has 2 N–H and O–H groups in total. The van der Waals surface area contributed by atoms with Crippen molar-refractivity contribution in [1.29, 1.82) is 0 Å². The van der Waals surface area contributed by atoms with Crippen LogP contribution < -0.4 is 15.6 Å². The van der Waals surface area contributed by atoms with Crippen molar-refractivity contribution in [2.45, 2.75) is 30.7 Å². The fraction of sp³-hybridized carbons (Fsp3) is 0.174. The van der Waals surface area contributed by atoms with Crippen molar-refractivity contribution in [3.63, 3.8) is 0 Å². The van der Waals surface area contributed by atoms with Gasteiger partial charge in [0.2, 0.25) is 0 Å². The number of hydrogen-bond donors (Lipinski definition) is 2. The fourth-order valence-corrected chi connectivity index (χ4v) is 4.65. The van der Waals surface area contributed by atoms with Crippen LogP contribution in [0.5, 0.6) is 0 Å². The maximum absolute atomic E-state index is 13.0. The summed E-state index contributed by atoms with van der Waals surface area (Å²) < 4.78 is 44.2. The molecule has 0 radical (unpaired) electrons. The van der Waals surface area contributed by atoms with Gasteiger partial charge in [-0.2, -0.15) is 13.2 Å². The van der Waals surface area contributed by atoms with Gasteiger partial charge in [-0.05, 0) is 66.5 Å². The molecule has 0 aliphatic carbocycles. The molecule has 2 aromatic heterocycles. The van der Waals surface area contributed by atoms with Crippen molar-refractivity contribution in [2.24, 2.45) is 0 Å². The van der Waals surface area contributed by atoms with E-state index in [1.54, 1.807) is 36.4 Å². The van der Waals surface area contributed by atoms with Gasteiger partial charge in [0.1, 0.15) is 6.33 Å². The van der Waals surface area contributed by atoms with Gasteiger partial charge in [-0.15, -0.1) is 11.3 Å². The number of nitrogens with zero attached hydrogens (tertiary/aromatic N) is 2. The molecule has 0 unspecified atom stereocenters. The molecule has 2 aromatic carbocycles. The Morgan fingerprint density at radius 2 is 1.80 bits per heavy atom. The Balaban J connectivity index is 0.00000108. The number of thiophene rings is 1. The average molecular weight is 541 g/mol. The number of anilines is 1. The van der Waals surface area contributed by atoms with Gasteiger partial charge in [0.15, 0.2) is 0 Å². The summed E-state index contributed by atoms with van der Waals surface area (Å²) in [7, 11) is 0. The summed E-state index contributed by atoms with van der Waals surface area (Å²) in [5.41, 5.74) is -0.549. The summed E-state index contributed by atoms with van der Waals surface area (Å²) in [6.07, 6.45) is -2.07. The Hall–Kier alpha value is -3.02. The zero-order chi connectivity index (χ0) is 25.6. The van der Waals surface area contributed by atoms with Crippen molar-refractivity contribution in [3.8, 4) is 5.69 Å². The smallest absolute Gasteiger partial charge is 0.307 e. The van der Waals surface area contributed by atoms with Gasteiger partial charge in [0, 0.05) is 5.69 Å². The second kappa shape index (κ2) is 11.6. The zero-order valence-electron chi connectivity index (χ0n) is 18.5. The van der Waals surface area contributed by atoms with Gasteiger partial charge in [-0.25, -0.2) is 9.78 Å². The summed E-state index contributed by atoms with van der Waals surface area (Å²) in [4.78, 5) is 28.9. The molecule has 6 nitrogen and oxygen atoms in total. The topological polar surface area (TPSA) is 76.0 Å². The molecule has 2 heterocycles. The summed E-state index contributed by atoms with van der Waals surface area (Å²) >= 11 is 8.28. The van der Waals surface area contributed by atoms with Crippen LogP contribution in [0.2, 0.25) is 4.34 Å². The molecule has 0 aliphatic rings. The number of amides is 2. The second-order valence-corrected chi connectivity index (χ2v) is 9.94. The van der Waals surface area contributed by atoms with Crippen molar-refractivity contribution in [2.75, 3.05) is 5.32 Å². The highest BCUT2D eigenvalue weighted by Gasteiger charge is 2.30. The van der Waals surface area contributed by atoms with Crippen LogP contribution in [-0.4, -0.2) is 15.6 Å². The summed E-state index contributed by atoms with van der Waals surface area (Å²) in [5.74, 6) is 0. The first-order valence-corrected chi connectivity index (χ1v) is 12.3. The summed E-state index contributed by atoms with van der Waals surface area (Å²) in [6, 6.07) is 12.1. The third-order valence-electron chi connectivity index (χ3n) is 4.28. The van der Waals surface area contributed by atoms with Crippen LogP contribution in [0.1, 0.15) is 25.8 Å². The second-order valence-electron chi connectivity index (χ2n) is 7.12. The lowest BCUT2D eigenvalue weighted by Gasteiger charge is -2.10. The van der Waals surface area contributed by atoms with Gasteiger partial charge in [0.25, 0.3) is 5.56 Å². The number of carbonyl (C=O) groups excluding carboxylic acids is 1. The fourth-order valence-electron chi connectivity index (χ4n) is 2.79. The number of rotatable bonds is 4. The van der Waals surface area contributed by atoms with E-state index >= 15 is 0 Å². The Morgan fingerprint density at radius 3 is 2.40 bits per heavy atom. The molecule has 2 amide bonds.